The molecule has 34 heavy (non-hydrogen) atoms. The summed E-state index contributed by atoms with van der Waals surface area (Å²) in [6, 6.07) is 3.80. The van der Waals surface area contributed by atoms with Gasteiger partial charge in [-0.1, -0.05) is 12.5 Å². The van der Waals surface area contributed by atoms with Gasteiger partial charge in [0.1, 0.15) is 12.3 Å². The summed E-state index contributed by atoms with van der Waals surface area (Å²) in [7, 11) is 1.49. The van der Waals surface area contributed by atoms with Crippen LogP contribution in [0, 0.1) is 12.8 Å². The molecule has 1 aliphatic rings. The third-order valence-corrected chi connectivity index (χ3v) is 6.25. The zero-order valence-corrected chi connectivity index (χ0v) is 18.7. The van der Waals surface area contributed by atoms with Gasteiger partial charge in [-0.25, -0.2) is 4.98 Å². The standard InChI is InChI=1S/C23H25F6N3O2/c1-14-19(32(13-30-14)12-22(24,25)26)11-20(33)15-5-4-8-18(10-15)31(2)21(34)16-6-3-7-17(9-16)23(27,28)29/h3,6-7,9,13,15,18H,4-5,8,10-12H2,1-2H3/t15-,18+/m0/s1. The predicted molar refractivity (Wildman–Crippen MR) is 111 cm³/mol. The summed E-state index contributed by atoms with van der Waals surface area (Å²) >= 11 is 0. The van der Waals surface area contributed by atoms with Crippen molar-refractivity contribution in [3.05, 3.63) is 53.1 Å². The van der Waals surface area contributed by atoms with E-state index in [2.05, 4.69) is 4.98 Å². The molecule has 1 amide bonds. The minimum absolute atomic E-state index is 0.0996. The molecule has 0 aliphatic heterocycles. The minimum Gasteiger partial charge on any atom is -0.339 e. The van der Waals surface area contributed by atoms with Gasteiger partial charge < -0.3 is 9.47 Å². The number of ketones is 1. The number of rotatable bonds is 6. The van der Waals surface area contributed by atoms with E-state index in [1.165, 1.54) is 24.1 Å². The second-order valence-corrected chi connectivity index (χ2v) is 8.67. The Morgan fingerprint density at radius 1 is 1.15 bits per heavy atom. The molecule has 1 fully saturated rings. The average Bonchev–Trinajstić information content (AvgIpc) is 3.09. The van der Waals surface area contributed by atoms with Crippen molar-refractivity contribution in [3.8, 4) is 0 Å². The van der Waals surface area contributed by atoms with Gasteiger partial charge in [0.05, 0.1) is 17.6 Å². The summed E-state index contributed by atoms with van der Waals surface area (Å²) in [6.45, 7) is 0.304. The highest BCUT2D eigenvalue weighted by Gasteiger charge is 2.35. The number of Topliss-reactive ketones (excluding diaryl/α,β-unsaturated/α-hetero) is 1. The van der Waals surface area contributed by atoms with Gasteiger partial charge >= 0.3 is 12.4 Å². The molecule has 2 aromatic rings. The number of benzene rings is 1. The molecule has 5 nitrogen and oxygen atoms in total. The number of carbonyl (C=O) groups excluding carboxylic acids is 2. The van der Waals surface area contributed by atoms with Gasteiger partial charge in [0, 0.05) is 36.7 Å². The Labute approximate surface area is 192 Å². The summed E-state index contributed by atoms with van der Waals surface area (Å²) in [5.41, 5.74) is -0.466. The Bertz CT molecular complexity index is 1040. The maximum Gasteiger partial charge on any atom is 0.416 e. The number of nitrogens with zero attached hydrogens (tertiary/aromatic N) is 3. The van der Waals surface area contributed by atoms with Crippen molar-refractivity contribution >= 4 is 11.7 Å². The van der Waals surface area contributed by atoms with E-state index in [4.69, 9.17) is 0 Å². The fourth-order valence-electron chi connectivity index (χ4n) is 4.38. The minimum atomic E-state index is -4.58. The summed E-state index contributed by atoms with van der Waals surface area (Å²) in [4.78, 5) is 31.0. The first kappa shape index (κ1) is 25.8. The van der Waals surface area contributed by atoms with E-state index in [-0.39, 0.29) is 29.5 Å². The Balaban J connectivity index is 1.69. The lowest BCUT2D eigenvalue weighted by Gasteiger charge is -2.35. The van der Waals surface area contributed by atoms with Crippen molar-refractivity contribution in [1.82, 2.24) is 14.5 Å². The Morgan fingerprint density at radius 3 is 2.50 bits per heavy atom. The fourth-order valence-corrected chi connectivity index (χ4v) is 4.38. The van der Waals surface area contributed by atoms with Crippen LogP contribution in [0.3, 0.4) is 0 Å². The molecule has 0 radical (unpaired) electrons. The summed E-state index contributed by atoms with van der Waals surface area (Å²) < 4.78 is 78.4. The van der Waals surface area contributed by atoms with E-state index in [1.807, 2.05) is 0 Å². The number of hydrogen-bond donors (Lipinski definition) is 0. The molecule has 2 atom stereocenters. The number of amides is 1. The first-order chi connectivity index (χ1) is 15.8. The zero-order chi connectivity index (χ0) is 25.3. The van der Waals surface area contributed by atoms with Crippen LogP contribution < -0.4 is 0 Å². The average molecular weight is 489 g/mol. The molecule has 0 unspecified atom stereocenters. The van der Waals surface area contributed by atoms with Crippen molar-refractivity contribution in [2.75, 3.05) is 7.05 Å². The van der Waals surface area contributed by atoms with Gasteiger partial charge in [-0.15, -0.1) is 0 Å². The monoisotopic (exact) mass is 489 g/mol. The molecule has 186 valence electrons. The number of alkyl halides is 6. The Morgan fingerprint density at radius 2 is 1.85 bits per heavy atom. The molecule has 0 bridgehead atoms. The van der Waals surface area contributed by atoms with E-state index in [9.17, 15) is 35.9 Å². The van der Waals surface area contributed by atoms with Crippen molar-refractivity contribution in [3.63, 3.8) is 0 Å². The van der Waals surface area contributed by atoms with E-state index >= 15 is 0 Å². The molecular weight excluding hydrogens is 464 g/mol. The van der Waals surface area contributed by atoms with Crippen LogP contribution in [0.2, 0.25) is 0 Å². The molecular formula is C23H25F6N3O2. The first-order valence-electron chi connectivity index (χ1n) is 10.8. The topological polar surface area (TPSA) is 55.2 Å². The van der Waals surface area contributed by atoms with Crippen LogP contribution in [0.4, 0.5) is 26.3 Å². The molecule has 1 aromatic carbocycles. The van der Waals surface area contributed by atoms with Crippen LogP contribution in [0.5, 0.6) is 0 Å². The lowest BCUT2D eigenvalue weighted by atomic mass is 9.81. The fraction of sp³-hybridized carbons (Fsp3) is 0.522. The number of aryl methyl sites for hydroxylation is 1. The quantitative estimate of drug-likeness (QED) is 0.524. The van der Waals surface area contributed by atoms with Crippen molar-refractivity contribution in [2.24, 2.45) is 5.92 Å². The van der Waals surface area contributed by atoms with E-state index in [0.717, 1.165) is 23.0 Å². The third kappa shape index (κ3) is 6.18. The second kappa shape index (κ2) is 9.79. The maximum absolute atomic E-state index is 13.0. The van der Waals surface area contributed by atoms with Gasteiger partial charge in [-0.05, 0) is 44.4 Å². The highest BCUT2D eigenvalue weighted by atomic mass is 19.4. The number of imidazole rings is 1. The smallest absolute Gasteiger partial charge is 0.339 e. The van der Waals surface area contributed by atoms with Crippen molar-refractivity contribution < 1.29 is 35.9 Å². The predicted octanol–water partition coefficient (Wildman–Crippen LogP) is 5.22. The molecule has 1 saturated carbocycles. The maximum atomic E-state index is 13.0. The normalized spacial score (nSPS) is 19.2. The van der Waals surface area contributed by atoms with Gasteiger partial charge in [-0.3, -0.25) is 9.59 Å². The molecule has 11 heteroatoms. The largest absolute Gasteiger partial charge is 0.416 e. The summed E-state index contributed by atoms with van der Waals surface area (Å²) in [5.74, 6) is -1.29. The zero-order valence-electron chi connectivity index (χ0n) is 18.7. The number of aromatic nitrogens is 2. The molecule has 0 N–H and O–H groups in total. The molecule has 0 saturated heterocycles. The SMILES string of the molecule is Cc1ncn(CC(F)(F)F)c1CC(=O)[C@H]1CCC[C@@H](N(C)C(=O)c2cccc(C(F)(F)F)c2)C1. The van der Waals surface area contributed by atoms with Gasteiger partial charge in [-0.2, -0.15) is 26.3 Å². The van der Waals surface area contributed by atoms with Crippen LogP contribution in [-0.2, 0) is 23.9 Å². The number of hydrogen-bond acceptors (Lipinski definition) is 3. The van der Waals surface area contributed by atoms with E-state index in [1.54, 1.807) is 6.92 Å². The Kier molecular flexibility index (Phi) is 7.42. The van der Waals surface area contributed by atoms with E-state index < -0.39 is 36.3 Å². The Hall–Kier alpha value is -2.85. The molecule has 1 aromatic heterocycles. The lowest BCUT2D eigenvalue weighted by molar-refractivity contribution is -0.141. The van der Waals surface area contributed by atoms with E-state index in [0.29, 0.717) is 31.4 Å². The van der Waals surface area contributed by atoms with Crippen LogP contribution in [0.25, 0.3) is 0 Å². The highest BCUT2D eigenvalue weighted by Crippen LogP contribution is 2.32. The summed E-state index contributed by atoms with van der Waals surface area (Å²) in [6.07, 6.45) is -6.14. The van der Waals surface area contributed by atoms with Gasteiger partial charge in [0.2, 0.25) is 0 Å². The third-order valence-electron chi connectivity index (χ3n) is 6.25. The molecule has 1 heterocycles. The molecule has 1 aliphatic carbocycles. The van der Waals surface area contributed by atoms with Gasteiger partial charge in [0.15, 0.2) is 0 Å². The highest BCUT2D eigenvalue weighted by molar-refractivity contribution is 5.94. The van der Waals surface area contributed by atoms with Crippen LogP contribution in [-0.4, -0.2) is 45.4 Å². The van der Waals surface area contributed by atoms with Crippen molar-refractivity contribution in [2.45, 2.75) is 64.0 Å². The lowest BCUT2D eigenvalue weighted by Crippen LogP contribution is -2.41. The number of carbonyl (C=O) groups is 2. The second-order valence-electron chi connectivity index (χ2n) is 8.67. The molecule has 3 rings (SSSR count). The first-order valence-corrected chi connectivity index (χ1v) is 10.8. The van der Waals surface area contributed by atoms with Crippen molar-refractivity contribution in [1.29, 1.82) is 0 Å². The molecule has 0 spiro atoms. The van der Waals surface area contributed by atoms with Crippen LogP contribution in [0.1, 0.15) is 53.0 Å². The van der Waals surface area contributed by atoms with Crippen LogP contribution in [0.15, 0.2) is 30.6 Å². The number of halogens is 6. The van der Waals surface area contributed by atoms with Gasteiger partial charge in [0.25, 0.3) is 5.91 Å². The summed E-state index contributed by atoms with van der Waals surface area (Å²) in [5, 5.41) is 0. The van der Waals surface area contributed by atoms with Crippen LogP contribution >= 0.6 is 0 Å².